The van der Waals surface area contributed by atoms with Gasteiger partial charge in [-0.1, -0.05) is 11.6 Å². The molecule has 0 radical (unpaired) electrons. The molecular formula is C26H23NO4. The molecule has 0 saturated heterocycles. The molecule has 3 aromatic carbocycles. The number of hydrogen-bond acceptors (Lipinski definition) is 5. The normalized spacial score (nSPS) is 11.5. The number of methoxy groups -OCH3 is 1. The summed E-state index contributed by atoms with van der Waals surface area (Å²) in [5.74, 6) is 1.16. The molecular weight excluding hydrogens is 390 g/mol. The van der Waals surface area contributed by atoms with Gasteiger partial charge in [0.1, 0.15) is 17.1 Å². The van der Waals surface area contributed by atoms with Crippen molar-refractivity contribution in [1.29, 1.82) is 0 Å². The molecule has 1 heterocycles. The van der Waals surface area contributed by atoms with Crippen LogP contribution in [0.25, 0.3) is 22.3 Å². The quantitative estimate of drug-likeness (QED) is 0.387. The molecule has 4 aromatic rings. The molecule has 0 aliphatic heterocycles. The maximum atomic E-state index is 11.9. The highest BCUT2D eigenvalue weighted by atomic mass is 16.5. The zero-order valence-electron chi connectivity index (χ0n) is 17.7. The average molecular weight is 413 g/mol. The minimum Gasteiger partial charge on any atom is -0.497 e. The lowest BCUT2D eigenvalue weighted by Gasteiger charge is -2.07. The monoisotopic (exact) mass is 413 g/mol. The molecule has 4 rings (SSSR count). The van der Waals surface area contributed by atoms with E-state index < -0.39 is 0 Å². The molecule has 5 heteroatoms. The average Bonchev–Trinajstić information content (AvgIpc) is 2.80. The number of nitrogens with zero attached hydrogens (tertiary/aromatic N) is 1. The van der Waals surface area contributed by atoms with Crippen molar-refractivity contribution >= 4 is 22.6 Å². The highest BCUT2D eigenvalue weighted by Gasteiger charge is 2.08. The van der Waals surface area contributed by atoms with Crippen LogP contribution in [0.3, 0.4) is 0 Å². The first-order valence-electron chi connectivity index (χ1n) is 10.1. The van der Waals surface area contributed by atoms with Gasteiger partial charge in [-0.25, -0.2) is 9.79 Å². The Hall–Kier alpha value is -3.86. The Morgan fingerprint density at radius 1 is 0.968 bits per heavy atom. The summed E-state index contributed by atoms with van der Waals surface area (Å²) in [4.78, 5) is 16.7. The molecule has 156 valence electrons. The SMILES string of the molecule is CCOC(=O)c1ccc(N=c2cc(-c3ccc(OC)cc3)oc3ccc(C)cc23)cc1. The zero-order chi connectivity index (χ0) is 21.8. The highest BCUT2D eigenvalue weighted by molar-refractivity contribution is 5.89. The van der Waals surface area contributed by atoms with Gasteiger partial charge in [0.15, 0.2) is 0 Å². The second kappa shape index (κ2) is 8.88. The molecule has 5 nitrogen and oxygen atoms in total. The predicted octanol–water partition coefficient (Wildman–Crippen LogP) is 5.83. The Balaban J connectivity index is 1.83. The number of fused-ring (bicyclic) bond motifs is 1. The number of rotatable bonds is 5. The van der Waals surface area contributed by atoms with Gasteiger partial charge in [0.25, 0.3) is 0 Å². The maximum absolute atomic E-state index is 11.9. The number of esters is 1. The van der Waals surface area contributed by atoms with E-state index in [1.54, 1.807) is 26.2 Å². The lowest BCUT2D eigenvalue weighted by molar-refractivity contribution is 0.0526. The number of aryl methyl sites for hydroxylation is 1. The third kappa shape index (κ3) is 4.51. The highest BCUT2D eigenvalue weighted by Crippen LogP contribution is 2.25. The lowest BCUT2D eigenvalue weighted by atomic mass is 10.1. The van der Waals surface area contributed by atoms with E-state index >= 15 is 0 Å². The van der Waals surface area contributed by atoms with E-state index in [1.807, 2.05) is 61.5 Å². The van der Waals surface area contributed by atoms with Crippen molar-refractivity contribution in [3.63, 3.8) is 0 Å². The van der Waals surface area contributed by atoms with Crippen LogP contribution in [-0.2, 0) is 4.74 Å². The molecule has 0 N–H and O–H groups in total. The van der Waals surface area contributed by atoms with Crippen LogP contribution >= 0.6 is 0 Å². The molecule has 0 bridgehead atoms. The molecule has 0 aliphatic carbocycles. The summed E-state index contributed by atoms with van der Waals surface area (Å²) in [6.07, 6.45) is 0. The van der Waals surface area contributed by atoms with Crippen LogP contribution in [0, 0.1) is 6.92 Å². The predicted molar refractivity (Wildman–Crippen MR) is 121 cm³/mol. The standard InChI is InChI=1S/C26H23NO4/c1-4-30-26(28)19-6-10-20(11-7-19)27-23-16-25(18-8-12-21(29-3)13-9-18)31-24-14-5-17(2)15-22(23)24/h5-16H,4H2,1-3H3. The Morgan fingerprint density at radius 3 is 2.39 bits per heavy atom. The van der Waals surface area contributed by atoms with Gasteiger partial charge < -0.3 is 13.9 Å². The topological polar surface area (TPSA) is 61.0 Å². The Bertz CT molecular complexity index is 1290. The van der Waals surface area contributed by atoms with Crippen molar-refractivity contribution in [2.24, 2.45) is 4.99 Å². The number of carbonyl (C=O) groups excluding carboxylic acids is 1. The van der Waals surface area contributed by atoms with E-state index in [2.05, 4.69) is 6.07 Å². The first-order chi connectivity index (χ1) is 15.1. The zero-order valence-corrected chi connectivity index (χ0v) is 17.7. The van der Waals surface area contributed by atoms with E-state index in [9.17, 15) is 4.79 Å². The molecule has 1 aromatic heterocycles. The summed E-state index contributed by atoms with van der Waals surface area (Å²) in [5.41, 5.74) is 4.04. The number of hydrogen-bond donors (Lipinski definition) is 0. The van der Waals surface area contributed by atoms with Gasteiger partial charge in [0.05, 0.1) is 30.3 Å². The summed E-state index contributed by atoms with van der Waals surface area (Å²) in [6, 6.07) is 22.7. The first kappa shape index (κ1) is 20.4. The third-order valence-corrected chi connectivity index (χ3v) is 4.90. The Morgan fingerprint density at radius 2 is 1.71 bits per heavy atom. The molecule has 0 saturated carbocycles. The summed E-state index contributed by atoms with van der Waals surface area (Å²) in [6.45, 7) is 4.17. The van der Waals surface area contributed by atoms with Gasteiger partial charge in [-0.2, -0.15) is 0 Å². The summed E-state index contributed by atoms with van der Waals surface area (Å²) in [7, 11) is 1.64. The van der Waals surface area contributed by atoms with Gasteiger partial charge in [-0.15, -0.1) is 0 Å². The second-order valence-electron chi connectivity index (χ2n) is 7.10. The number of ether oxygens (including phenoxy) is 2. The Labute approximate surface area is 180 Å². The van der Waals surface area contributed by atoms with E-state index in [0.29, 0.717) is 17.9 Å². The van der Waals surface area contributed by atoms with Crippen LogP contribution in [0.5, 0.6) is 5.75 Å². The number of benzene rings is 3. The van der Waals surface area contributed by atoms with Gasteiger partial charge >= 0.3 is 5.97 Å². The van der Waals surface area contributed by atoms with Crippen LogP contribution in [0.1, 0.15) is 22.8 Å². The van der Waals surface area contributed by atoms with Crippen molar-refractivity contribution in [1.82, 2.24) is 0 Å². The second-order valence-corrected chi connectivity index (χ2v) is 7.10. The molecule has 0 unspecified atom stereocenters. The van der Waals surface area contributed by atoms with Crippen molar-refractivity contribution in [3.05, 3.63) is 89.3 Å². The van der Waals surface area contributed by atoms with Crippen LogP contribution < -0.4 is 10.1 Å². The molecule has 0 aliphatic rings. The van der Waals surface area contributed by atoms with Crippen molar-refractivity contribution in [2.45, 2.75) is 13.8 Å². The van der Waals surface area contributed by atoms with Crippen LogP contribution in [-0.4, -0.2) is 19.7 Å². The summed E-state index contributed by atoms with van der Waals surface area (Å²) in [5, 5.41) is 1.71. The van der Waals surface area contributed by atoms with Gasteiger partial charge in [0, 0.05) is 17.0 Å². The van der Waals surface area contributed by atoms with E-state index in [-0.39, 0.29) is 5.97 Å². The molecule has 0 fully saturated rings. The molecule has 31 heavy (non-hydrogen) atoms. The van der Waals surface area contributed by atoms with Gasteiger partial charge in [-0.05, 0) is 74.5 Å². The van der Waals surface area contributed by atoms with Gasteiger partial charge in [0.2, 0.25) is 0 Å². The van der Waals surface area contributed by atoms with Crippen LogP contribution in [0.4, 0.5) is 5.69 Å². The largest absolute Gasteiger partial charge is 0.497 e. The van der Waals surface area contributed by atoms with Crippen molar-refractivity contribution in [2.75, 3.05) is 13.7 Å². The fourth-order valence-corrected chi connectivity index (χ4v) is 3.30. The van der Waals surface area contributed by atoms with Crippen LogP contribution in [0.15, 0.2) is 82.2 Å². The fraction of sp³-hybridized carbons (Fsp3) is 0.154. The summed E-state index contributed by atoms with van der Waals surface area (Å²) >= 11 is 0. The van der Waals surface area contributed by atoms with Crippen molar-refractivity contribution < 1.29 is 18.7 Å². The Kier molecular flexibility index (Phi) is 5.85. The van der Waals surface area contributed by atoms with Gasteiger partial charge in [-0.3, -0.25) is 0 Å². The molecule has 0 spiro atoms. The van der Waals surface area contributed by atoms with Crippen molar-refractivity contribution in [3.8, 4) is 17.1 Å². The lowest BCUT2D eigenvalue weighted by Crippen LogP contribution is -2.05. The van der Waals surface area contributed by atoms with E-state index in [4.69, 9.17) is 18.9 Å². The maximum Gasteiger partial charge on any atom is 0.338 e. The first-order valence-corrected chi connectivity index (χ1v) is 10.1. The minimum absolute atomic E-state index is 0.338. The third-order valence-electron chi connectivity index (χ3n) is 4.90. The minimum atomic E-state index is -0.338. The smallest absolute Gasteiger partial charge is 0.338 e. The fourth-order valence-electron chi connectivity index (χ4n) is 3.30. The van der Waals surface area contributed by atoms with E-state index in [0.717, 1.165) is 38.9 Å². The molecule has 0 amide bonds. The number of carbonyl (C=O) groups is 1. The van der Waals surface area contributed by atoms with E-state index in [1.165, 1.54) is 0 Å². The van der Waals surface area contributed by atoms with Crippen LogP contribution in [0.2, 0.25) is 0 Å². The summed E-state index contributed by atoms with van der Waals surface area (Å²) < 4.78 is 16.5. The molecule has 0 atom stereocenters.